The Morgan fingerprint density at radius 1 is 1.50 bits per heavy atom. The molecule has 0 aliphatic carbocycles. The van der Waals surface area contributed by atoms with Gasteiger partial charge in [0.1, 0.15) is 16.7 Å². The van der Waals surface area contributed by atoms with Gasteiger partial charge in [-0.15, -0.1) is 11.3 Å². The van der Waals surface area contributed by atoms with Gasteiger partial charge in [-0.25, -0.2) is 9.78 Å². The molecule has 0 N–H and O–H groups in total. The van der Waals surface area contributed by atoms with Crippen LogP contribution in [0.5, 0.6) is 0 Å². The van der Waals surface area contributed by atoms with E-state index in [1.165, 1.54) is 11.3 Å². The lowest BCUT2D eigenvalue weighted by atomic mass is 10.2. The SMILES string of the molecule is CCCc1nc(C)c(C(=O)O[C@@H](C)c2cnoc2C)s1. The average Bonchev–Trinajstić information content (AvgIpc) is 2.96. The van der Waals surface area contributed by atoms with Gasteiger partial charge >= 0.3 is 5.97 Å². The number of hydrogen-bond donors (Lipinski definition) is 0. The molecule has 2 heterocycles. The third-order valence-electron chi connectivity index (χ3n) is 3.00. The number of aryl methyl sites for hydroxylation is 3. The van der Waals surface area contributed by atoms with Crippen molar-refractivity contribution >= 4 is 17.3 Å². The topological polar surface area (TPSA) is 65.2 Å². The number of carbonyl (C=O) groups is 1. The molecule has 0 spiro atoms. The normalized spacial score (nSPS) is 12.4. The van der Waals surface area contributed by atoms with E-state index < -0.39 is 0 Å². The fourth-order valence-corrected chi connectivity index (χ4v) is 2.99. The van der Waals surface area contributed by atoms with Crippen LogP contribution in [0, 0.1) is 13.8 Å². The summed E-state index contributed by atoms with van der Waals surface area (Å²) in [5, 5.41) is 4.67. The number of esters is 1. The van der Waals surface area contributed by atoms with E-state index in [9.17, 15) is 4.79 Å². The molecule has 108 valence electrons. The molecule has 0 saturated heterocycles. The second-order valence-electron chi connectivity index (χ2n) is 4.66. The first kappa shape index (κ1) is 14.7. The minimum Gasteiger partial charge on any atom is -0.453 e. The Hall–Kier alpha value is -1.69. The minimum atomic E-state index is -0.384. The zero-order valence-corrected chi connectivity index (χ0v) is 12.9. The molecule has 2 rings (SSSR count). The number of thiazole rings is 1. The van der Waals surface area contributed by atoms with Crippen molar-refractivity contribution in [2.75, 3.05) is 0 Å². The maximum Gasteiger partial charge on any atom is 0.350 e. The first-order valence-corrected chi connectivity index (χ1v) is 7.43. The average molecular weight is 294 g/mol. The van der Waals surface area contributed by atoms with Crippen LogP contribution < -0.4 is 0 Å². The molecule has 2 aromatic heterocycles. The van der Waals surface area contributed by atoms with Gasteiger partial charge in [-0.2, -0.15) is 0 Å². The lowest BCUT2D eigenvalue weighted by molar-refractivity contribution is 0.0340. The molecule has 0 aliphatic heterocycles. The van der Waals surface area contributed by atoms with Crippen molar-refractivity contribution in [1.82, 2.24) is 10.1 Å². The molecule has 0 unspecified atom stereocenters. The fourth-order valence-electron chi connectivity index (χ4n) is 1.94. The van der Waals surface area contributed by atoms with Crippen LogP contribution in [0.4, 0.5) is 0 Å². The van der Waals surface area contributed by atoms with Crippen molar-refractivity contribution in [3.8, 4) is 0 Å². The summed E-state index contributed by atoms with van der Waals surface area (Å²) in [5.74, 6) is 0.327. The monoisotopic (exact) mass is 294 g/mol. The number of hydrogen-bond acceptors (Lipinski definition) is 6. The number of rotatable bonds is 5. The Kier molecular flexibility index (Phi) is 4.54. The highest BCUT2D eigenvalue weighted by atomic mass is 32.1. The van der Waals surface area contributed by atoms with E-state index in [2.05, 4.69) is 17.1 Å². The predicted molar refractivity (Wildman–Crippen MR) is 75.9 cm³/mol. The Morgan fingerprint density at radius 3 is 2.85 bits per heavy atom. The molecule has 6 heteroatoms. The van der Waals surface area contributed by atoms with E-state index in [1.54, 1.807) is 20.0 Å². The maximum atomic E-state index is 12.2. The van der Waals surface area contributed by atoms with Crippen molar-refractivity contribution in [2.24, 2.45) is 0 Å². The molecule has 0 aromatic carbocycles. The van der Waals surface area contributed by atoms with Gasteiger partial charge in [-0.1, -0.05) is 12.1 Å². The summed E-state index contributed by atoms with van der Waals surface area (Å²) in [5.41, 5.74) is 1.52. The first-order chi connectivity index (χ1) is 9.52. The van der Waals surface area contributed by atoms with Crippen LogP contribution in [0.25, 0.3) is 0 Å². The van der Waals surface area contributed by atoms with E-state index in [4.69, 9.17) is 9.26 Å². The number of carbonyl (C=O) groups excluding carboxylic acids is 1. The number of aromatic nitrogens is 2. The minimum absolute atomic E-state index is 0.338. The van der Waals surface area contributed by atoms with Crippen molar-refractivity contribution in [3.05, 3.63) is 33.1 Å². The standard InChI is InChI=1S/C14H18N2O3S/c1-5-6-12-16-8(2)13(20-12)14(17)18-9(3)11-7-15-19-10(11)4/h7,9H,5-6H2,1-4H3/t9-/m0/s1. The molecule has 0 aliphatic rings. The summed E-state index contributed by atoms with van der Waals surface area (Å²) in [6, 6.07) is 0. The molecule has 2 aromatic rings. The summed E-state index contributed by atoms with van der Waals surface area (Å²) >= 11 is 1.41. The van der Waals surface area contributed by atoms with E-state index in [0.29, 0.717) is 10.6 Å². The van der Waals surface area contributed by atoms with Crippen LogP contribution in [0.15, 0.2) is 10.7 Å². The van der Waals surface area contributed by atoms with Gasteiger partial charge in [0.15, 0.2) is 0 Å². The Morgan fingerprint density at radius 2 is 2.25 bits per heavy atom. The highest BCUT2D eigenvalue weighted by molar-refractivity contribution is 7.13. The smallest absolute Gasteiger partial charge is 0.350 e. The molecule has 5 nitrogen and oxygen atoms in total. The molecule has 20 heavy (non-hydrogen) atoms. The highest BCUT2D eigenvalue weighted by Gasteiger charge is 2.21. The third kappa shape index (κ3) is 3.07. The van der Waals surface area contributed by atoms with E-state index in [1.807, 2.05) is 6.92 Å². The highest BCUT2D eigenvalue weighted by Crippen LogP contribution is 2.25. The molecule has 0 amide bonds. The van der Waals surface area contributed by atoms with Crippen molar-refractivity contribution in [1.29, 1.82) is 0 Å². The van der Waals surface area contributed by atoms with Crippen LogP contribution in [0.1, 0.15) is 58.1 Å². The summed E-state index contributed by atoms with van der Waals surface area (Å²) in [6.45, 7) is 7.53. The molecule has 0 radical (unpaired) electrons. The van der Waals surface area contributed by atoms with Gasteiger partial charge in [0.25, 0.3) is 0 Å². The summed E-state index contributed by atoms with van der Waals surface area (Å²) in [6.07, 6.45) is 3.09. The molecular formula is C14H18N2O3S. The predicted octanol–water partition coefficient (Wildman–Crippen LogP) is 3.62. The molecule has 0 fully saturated rings. The van der Waals surface area contributed by atoms with Gasteiger partial charge in [0, 0.05) is 0 Å². The largest absolute Gasteiger partial charge is 0.453 e. The summed E-state index contributed by atoms with van der Waals surface area (Å²) < 4.78 is 10.4. The van der Waals surface area contributed by atoms with Gasteiger partial charge in [-0.3, -0.25) is 0 Å². The summed E-state index contributed by atoms with van der Waals surface area (Å²) in [4.78, 5) is 17.2. The quantitative estimate of drug-likeness (QED) is 0.788. The fraction of sp³-hybridized carbons (Fsp3) is 0.500. The molecular weight excluding hydrogens is 276 g/mol. The second-order valence-corrected chi connectivity index (χ2v) is 5.74. The molecule has 0 bridgehead atoms. The van der Waals surface area contributed by atoms with E-state index in [0.717, 1.165) is 29.1 Å². The van der Waals surface area contributed by atoms with Crippen LogP contribution in [0.2, 0.25) is 0 Å². The number of nitrogens with zero attached hydrogens (tertiary/aromatic N) is 2. The second kappa shape index (κ2) is 6.17. The lowest BCUT2D eigenvalue weighted by Crippen LogP contribution is -2.09. The van der Waals surface area contributed by atoms with Gasteiger partial charge in [0.05, 0.1) is 22.5 Å². The third-order valence-corrected chi connectivity index (χ3v) is 4.20. The first-order valence-electron chi connectivity index (χ1n) is 6.61. The Balaban J connectivity index is 2.10. The van der Waals surface area contributed by atoms with Crippen molar-refractivity contribution in [3.63, 3.8) is 0 Å². The van der Waals surface area contributed by atoms with Gasteiger partial charge in [-0.05, 0) is 33.6 Å². The Bertz CT molecular complexity index is 603. The van der Waals surface area contributed by atoms with Gasteiger partial charge in [0.2, 0.25) is 0 Å². The molecule has 0 saturated carbocycles. The molecule has 1 atom stereocenters. The van der Waals surface area contributed by atoms with E-state index in [-0.39, 0.29) is 12.1 Å². The maximum absolute atomic E-state index is 12.2. The van der Waals surface area contributed by atoms with Crippen LogP contribution in [-0.4, -0.2) is 16.1 Å². The van der Waals surface area contributed by atoms with Crippen LogP contribution >= 0.6 is 11.3 Å². The summed E-state index contributed by atoms with van der Waals surface area (Å²) in [7, 11) is 0. The van der Waals surface area contributed by atoms with E-state index >= 15 is 0 Å². The lowest BCUT2D eigenvalue weighted by Gasteiger charge is -2.11. The van der Waals surface area contributed by atoms with Crippen molar-refractivity contribution < 1.29 is 14.1 Å². The zero-order valence-electron chi connectivity index (χ0n) is 12.1. The Labute approximate surface area is 122 Å². The van der Waals surface area contributed by atoms with Crippen molar-refractivity contribution in [2.45, 2.75) is 46.6 Å². The van der Waals surface area contributed by atoms with Crippen LogP contribution in [0.3, 0.4) is 0 Å². The van der Waals surface area contributed by atoms with Crippen LogP contribution in [-0.2, 0) is 11.2 Å². The van der Waals surface area contributed by atoms with Gasteiger partial charge < -0.3 is 9.26 Å². The number of ether oxygens (including phenoxy) is 1. The zero-order chi connectivity index (χ0) is 14.7.